The minimum Gasteiger partial charge on any atom is -0.472 e. The van der Waals surface area contributed by atoms with E-state index in [1.54, 1.807) is 12.5 Å². The Morgan fingerprint density at radius 2 is 2.17 bits per heavy atom. The molecule has 3 N–H and O–H groups in total. The summed E-state index contributed by atoms with van der Waals surface area (Å²) in [4.78, 5) is 16.6. The van der Waals surface area contributed by atoms with Gasteiger partial charge in [-0.1, -0.05) is 13.8 Å². The zero-order valence-electron chi connectivity index (χ0n) is 13.4. The summed E-state index contributed by atoms with van der Waals surface area (Å²) in [6.45, 7) is 6.47. The van der Waals surface area contributed by atoms with Crippen LogP contribution in [0.4, 0.5) is 0 Å². The number of rotatable bonds is 6. The average Bonchev–Trinajstić information content (AvgIpc) is 3.08. The molecule has 130 valence electrons. The van der Waals surface area contributed by atoms with Crippen molar-refractivity contribution in [1.29, 1.82) is 0 Å². The molecule has 8 heteroatoms. The molecule has 2 heterocycles. The topological polar surface area (TPSA) is 81.1 Å². The zero-order valence-corrected chi connectivity index (χ0v) is 15.8. The smallest absolute Gasteiger partial charge is 0.226 e. The first-order chi connectivity index (χ1) is 9.94. The Morgan fingerprint density at radius 3 is 2.70 bits per heavy atom. The molecule has 0 aliphatic carbocycles. The van der Waals surface area contributed by atoms with Gasteiger partial charge in [0.1, 0.15) is 11.3 Å². The molecule has 2 aromatic heterocycles. The number of hydrogen-bond donors (Lipinski definition) is 2. The molecule has 0 fully saturated rings. The van der Waals surface area contributed by atoms with E-state index in [2.05, 4.69) is 10.3 Å². The van der Waals surface area contributed by atoms with Gasteiger partial charge in [0.15, 0.2) is 0 Å². The van der Waals surface area contributed by atoms with Gasteiger partial charge < -0.3 is 15.5 Å². The quantitative estimate of drug-likeness (QED) is 0.806. The van der Waals surface area contributed by atoms with Crippen molar-refractivity contribution in [2.75, 3.05) is 6.54 Å². The highest BCUT2D eigenvalue weighted by atomic mass is 35.5. The largest absolute Gasteiger partial charge is 0.472 e. The molecule has 1 atom stereocenters. The van der Waals surface area contributed by atoms with Crippen molar-refractivity contribution in [2.24, 2.45) is 11.7 Å². The summed E-state index contributed by atoms with van der Waals surface area (Å²) < 4.78 is 5.04. The Balaban J connectivity index is 0.00000242. The van der Waals surface area contributed by atoms with Crippen molar-refractivity contribution in [3.05, 3.63) is 29.7 Å². The maximum absolute atomic E-state index is 12.2. The van der Waals surface area contributed by atoms with Crippen LogP contribution in [0.5, 0.6) is 0 Å². The maximum atomic E-state index is 12.2. The van der Waals surface area contributed by atoms with Crippen molar-refractivity contribution < 1.29 is 9.21 Å². The van der Waals surface area contributed by atoms with Gasteiger partial charge in [-0.05, 0) is 18.9 Å². The molecule has 0 radical (unpaired) electrons. The molecule has 1 amide bonds. The maximum Gasteiger partial charge on any atom is 0.226 e. The fraction of sp³-hybridized carbons (Fsp3) is 0.467. The Labute approximate surface area is 152 Å². The van der Waals surface area contributed by atoms with Crippen molar-refractivity contribution in [3.8, 4) is 10.6 Å². The lowest BCUT2D eigenvalue weighted by Crippen LogP contribution is -2.55. The number of hydrogen-bond acceptors (Lipinski definition) is 5. The number of nitrogens with two attached hydrogens (primary N) is 1. The molecule has 0 aliphatic rings. The molecule has 2 aromatic rings. The molecular weight excluding hydrogens is 357 g/mol. The summed E-state index contributed by atoms with van der Waals surface area (Å²) in [5.74, 6) is 0.212. The van der Waals surface area contributed by atoms with Crippen LogP contribution in [0.2, 0.25) is 0 Å². The molecule has 0 bridgehead atoms. The van der Waals surface area contributed by atoms with E-state index in [0.717, 1.165) is 16.3 Å². The molecule has 0 aliphatic heterocycles. The Bertz CT molecular complexity index is 602. The fourth-order valence-corrected chi connectivity index (χ4v) is 2.67. The third-order valence-corrected chi connectivity index (χ3v) is 4.73. The zero-order chi connectivity index (χ0) is 15.5. The van der Waals surface area contributed by atoms with Gasteiger partial charge in [0.05, 0.1) is 23.9 Å². The van der Waals surface area contributed by atoms with Gasteiger partial charge in [-0.25, -0.2) is 4.98 Å². The number of nitrogens with zero attached hydrogens (tertiary/aromatic N) is 1. The van der Waals surface area contributed by atoms with Crippen LogP contribution in [0.15, 0.2) is 28.4 Å². The monoisotopic (exact) mass is 379 g/mol. The molecule has 0 saturated carbocycles. The Kier molecular flexibility index (Phi) is 8.84. The van der Waals surface area contributed by atoms with Crippen molar-refractivity contribution in [1.82, 2.24) is 10.3 Å². The lowest BCUT2D eigenvalue weighted by atomic mass is 9.88. The molecule has 0 aromatic carbocycles. The van der Waals surface area contributed by atoms with Crippen LogP contribution in [0.3, 0.4) is 0 Å². The van der Waals surface area contributed by atoms with Gasteiger partial charge in [-0.2, -0.15) is 0 Å². The predicted octanol–water partition coefficient (Wildman–Crippen LogP) is 3.28. The SMILES string of the molecule is CC(C)C(C)(CN)NC(=O)Cc1csc(-c2ccoc2)n1.Cl.Cl. The molecule has 5 nitrogen and oxygen atoms in total. The Hall–Kier alpha value is -1.08. The third kappa shape index (κ3) is 5.49. The first-order valence-electron chi connectivity index (χ1n) is 6.92. The summed E-state index contributed by atoms with van der Waals surface area (Å²) in [5, 5.41) is 5.78. The van der Waals surface area contributed by atoms with Gasteiger partial charge >= 0.3 is 0 Å². The van der Waals surface area contributed by atoms with E-state index in [0.29, 0.717) is 6.54 Å². The number of carbonyl (C=O) groups is 1. The molecule has 23 heavy (non-hydrogen) atoms. The molecule has 0 spiro atoms. The highest BCUT2D eigenvalue weighted by Crippen LogP contribution is 2.24. The van der Waals surface area contributed by atoms with Crippen LogP contribution in [-0.2, 0) is 11.2 Å². The van der Waals surface area contributed by atoms with E-state index in [-0.39, 0.29) is 48.6 Å². The Morgan fingerprint density at radius 1 is 1.48 bits per heavy atom. The van der Waals surface area contributed by atoms with Crippen LogP contribution in [0, 0.1) is 5.92 Å². The number of amides is 1. The highest BCUT2D eigenvalue weighted by molar-refractivity contribution is 7.13. The van der Waals surface area contributed by atoms with Crippen molar-refractivity contribution in [2.45, 2.75) is 32.7 Å². The third-order valence-electron chi connectivity index (χ3n) is 3.78. The van der Waals surface area contributed by atoms with E-state index in [1.807, 2.05) is 32.2 Å². The summed E-state index contributed by atoms with van der Waals surface area (Å²) in [6, 6.07) is 1.85. The minimum atomic E-state index is -0.388. The van der Waals surface area contributed by atoms with Crippen LogP contribution < -0.4 is 11.1 Å². The van der Waals surface area contributed by atoms with Crippen molar-refractivity contribution >= 4 is 42.1 Å². The molecule has 2 rings (SSSR count). The lowest BCUT2D eigenvalue weighted by molar-refractivity contribution is -0.122. The fourth-order valence-electron chi connectivity index (χ4n) is 1.87. The second-order valence-electron chi connectivity index (χ2n) is 5.66. The number of carbonyl (C=O) groups excluding carboxylic acids is 1. The van der Waals surface area contributed by atoms with Crippen LogP contribution in [0.25, 0.3) is 10.6 Å². The number of nitrogens with one attached hydrogen (secondary N) is 1. The summed E-state index contributed by atoms with van der Waals surface area (Å²) >= 11 is 1.50. The molecule has 0 saturated heterocycles. The molecular formula is C15H23Cl2N3O2S. The van der Waals surface area contributed by atoms with E-state index in [1.165, 1.54) is 11.3 Å². The van der Waals surface area contributed by atoms with E-state index >= 15 is 0 Å². The first kappa shape index (κ1) is 21.9. The number of halogens is 2. The summed E-state index contributed by atoms with van der Waals surface area (Å²) in [5.41, 5.74) is 7.08. The second-order valence-corrected chi connectivity index (χ2v) is 6.52. The molecule has 1 unspecified atom stereocenters. The number of furan rings is 1. The van der Waals surface area contributed by atoms with Gasteiger partial charge in [0.2, 0.25) is 5.91 Å². The van der Waals surface area contributed by atoms with Gasteiger partial charge in [0.25, 0.3) is 0 Å². The lowest BCUT2D eigenvalue weighted by Gasteiger charge is -2.33. The summed E-state index contributed by atoms with van der Waals surface area (Å²) in [6.07, 6.45) is 3.52. The highest BCUT2D eigenvalue weighted by Gasteiger charge is 2.28. The van der Waals surface area contributed by atoms with Gasteiger partial charge in [0, 0.05) is 17.5 Å². The van der Waals surface area contributed by atoms with Crippen LogP contribution in [-0.4, -0.2) is 23.0 Å². The van der Waals surface area contributed by atoms with E-state index < -0.39 is 0 Å². The first-order valence-corrected chi connectivity index (χ1v) is 7.80. The number of thiazole rings is 1. The predicted molar refractivity (Wildman–Crippen MR) is 98.5 cm³/mol. The van der Waals surface area contributed by atoms with E-state index in [4.69, 9.17) is 10.2 Å². The van der Waals surface area contributed by atoms with Crippen LogP contribution >= 0.6 is 36.2 Å². The second kappa shape index (κ2) is 9.27. The van der Waals surface area contributed by atoms with E-state index in [9.17, 15) is 4.79 Å². The number of aromatic nitrogens is 1. The van der Waals surface area contributed by atoms with Crippen LogP contribution in [0.1, 0.15) is 26.5 Å². The van der Waals surface area contributed by atoms with Gasteiger partial charge in [-0.3, -0.25) is 4.79 Å². The van der Waals surface area contributed by atoms with Crippen molar-refractivity contribution in [3.63, 3.8) is 0 Å². The van der Waals surface area contributed by atoms with Gasteiger partial charge in [-0.15, -0.1) is 36.2 Å². The normalized spacial score (nSPS) is 12.9. The standard InChI is InChI=1S/C15H21N3O2S.2ClH/c1-10(2)15(3,9-16)18-13(19)6-12-8-21-14(17-12)11-4-5-20-7-11;;/h4-5,7-8,10H,6,9,16H2,1-3H3,(H,18,19);2*1H. The average molecular weight is 380 g/mol. The summed E-state index contributed by atoms with van der Waals surface area (Å²) in [7, 11) is 0. The minimum absolute atomic E-state index is 0.